The molecular formula is C10H25N5O16P2S3. The van der Waals surface area contributed by atoms with E-state index >= 15 is 0 Å². The van der Waals surface area contributed by atoms with Gasteiger partial charge in [-0.15, -0.1) is 0 Å². The Morgan fingerprint density at radius 3 is 1.61 bits per heavy atom. The van der Waals surface area contributed by atoms with Gasteiger partial charge in [-0.25, -0.2) is 15.0 Å². The lowest BCUT2D eigenvalue weighted by molar-refractivity contribution is -0.0511. The Bertz CT molecular complexity index is 1160. The Balaban J connectivity index is -0.000000535. The number of fused-ring (bicyclic) bond motifs is 1. The molecule has 26 heteroatoms. The molecule has 3 rings (SSSR count). The fourth-order valence-corrected chi connectivity index (χ4v) is 2.17. The van der Waals surface area contributed by atoms with Crippen molar-refractivity contribution in [2.24, 2.45) is 0 Å². The molecule has 2 aromatic heterocycles. The molecule has 0 aliphatic carbocycles. The van der Waals surface area contributed by atoms with Crippen LogP contribution in [-0.2, 0) is 35.9 Å². The molecule has 3 heterocycles. The number of nitrogens with two attached hydrogens (primary N) is 1. The number of hydrogen-bond donors (Lipinski definition) is 10. The zero-order valence-electron chi connectivity index (χ0n) is 17.6. The van der Waals surface area contributed by atoms with Crippen molar-refractivity contribution < 1.29 is 72.6 Å². The van der Waals surface area contributed by atoms with Crippen LogP contribution < -0.4 is 5.73 Å². The highest BCUT2D eigenvalue weighted by atomic mass is 32.3. The number of rotatable bonds is 2. The van der Waals surface area contributed by atoms with Crippen molar-refractivity contribution in [3.63, 3.8) is 0 Å². The second-order valence-electron chi connectivity index (χ2n) is 5.66. The van der Waals surface area contributed by atoms with Crippen molar-refractivity contribution in [3.8, 4) is 0 Å². The molecule has 1 saturated heterocycles. The van der Waals surface area contributed by atoms with Gasteiger partial charge in [-0.2, -0.15) is 45.1 Å². The molecule has 11 N–H and O–H groups in total. The van der Waals surface area contributed by atoms with Crippen LogP contribution in [0.3, 0.4) is 0 Å². The van der Waals surface area contributed by atoms with Gasteiger partial charge in [0.1, 0.15) is 30.2 Å². The normalized spacial score (nSPS) is 21.2. The average Bonchev–Trinajstić information content (AvgIpc) is 3.13. The van der Waals surface area contributed by atoms with Crippen LogP contribution in [0, 0.1) is 0 Å². The van der Waals surface area contributed by atoms with Gasteiger partial charge in [0.15, 0.2) is 17.7 Å². The Hall–Kier alpha value is -1.34. The lowest BCUT2D eigenvalue weighted by atomic mass is 10.1. The van der Waals surface area contributed by atoms with E-state index in [0.717, 1.165) is 0 Å². The van der Waals surface area contributed by atoms with E-state index < -0.39 is 62.3 Å². The van der Waals surface area contributed by atoms with Crippen molar-refractivity contribution in [3.05, 3.63) is 12.7 Å². The van der Waals surface area contributed by atoms with E-state index in [1.807, 2.05) is 0 Å². The maximum atomic E-state index is 9.95. The van der Waals surface area contributed by atoms with Crippen LogP contribution in [0.1, 0.15) is 6.23 Å². The molecule has 1 aliphatic heterocycles. The maximum Gasteiger partial charge on any atom is 0.394 e. The molecular weight excluding hydrogens is 604 g/mol. The highest BCUT2D eigenvalue weighted by Gasteiger charge is 2.43. The summed E-state index contributed by atoms with van der Waals surface area (Å²) in [5, 5.41) is 28.7. The van der Waals surface area contributed by atoms with Gasteiger partial charge in [0.05, 0.1) is 12.9 Å². The summed E-state index contributed by atoms with van der Waals surface area (Å²) in [5.74, 6) is 0.218. The molecule has 36 heavy (non-hydrogen) atoms. The van der Waals surface area contributed by atoms with Crippen LogP contribution in [0.2, 0.25) is 0 Å². The van der Waals surface area contributed by atoms with E-state index in [1.54, 1.807) is 0 Å². The van der Waals surface area contributed by atoms with Crippen LogP contribution in [0.25, 0.3) is 11.2 Å². The standard InChI is InChI=1S/C10H13N5O4.3H2O4S.2H3P/c11-8-5-9(13-2-12-8)15(3-14-5)10-7(18)6(17)4(1-16)19-10;3*1-5(2,3)4;;/h2-4,6-7,10,16-18H,1H2,(H2,11,12,13);3*(H2,1,2,3,4);2*1H3/t4-,6-,7-,10-;;;;;/m1...../s1. The molecule has 0 amide bonds. The number of aromatic nitrogens is 4. The van der Waals surface area contributed by atoms with Crippen molar-refractivity contribution in [2.75, 3.05) is 12.3 Å². The fourth-order valence-electron chi connectivity index (χ4n) is 2.17. The predicted molar refractivity (Wildman–Crippen MR) is 127 cm³/mol. The smallest absolute Gasteiger partial charge is 0.394 e. The van der Waals surface area contributed by atoms with Gasteiger partial charge in [-0.05, 0) is 0 Å². The Kier molecular flexibility index (Phi) is 17.2. The minimum absolute atomic E-state index is 0. The summed E-state index contributed by atoms with van der Waals surface area (Å²) < 4.78 is 102. The van der Waals surface area contributed by atoms with Crippen LogP contribution in [0.15, 0.2) is 12.7 Å². The SMILES string of the molecule is Nc1ncnc2c1ncn2[C@@H]1O[C@H](CO)[C@@H](O)[C@H]1O.O=S(=O)(O)O.O=S(=O)(O)O.O=S(=O)(O)O.P.P. The zero-order chi connectivity index (χ0) is 27.1. The van der Waals surface area contributed by atoms with Gasteiger partial charge in [-0.1, -0.05) is 0 Å². The van der Waals surface area contributed by atoms with Crippen LogP contribution in [0.5, 0.6) is 0 Å². The Morgan fingerprint density at radius 1 is 0.833 bits per heavy atom. The highest BCUT2D eigenvalue weighted by Crippen LogP contribution is 2.31. The monoisotopic (exact) mass is 629 g/mol. The van der Waals surface area contributed by atoms with Crippen molar-refractivity contribution in [2.45, 2.75) is 24.5 Å². The fraction of sp³-hybridized carbons (Fsp3) is 0.500. The van der Waals surface area contributed by atoms with Crippen LogP contribution >= 0.6 is 19.8 Å². The summed E-state index contributed by atoms with van der Waals surface area (Å²) in [7, 11) is -14.0. The molecule has 1 fully saturated rings. The lowest BCUT2D eigenvalue weighted by Crippen LogP contribution is -2.33. The summed E-state index contributed by atoms with van der Waals surface area (Å²) in [6.45, 7) is -0.390. The molecule has 0 bridgehead atoms. The van der Waals surface area contributed by atoms with E-state index in [4.69, 9.17) is 68.1 Å². The zero-order valence-corrected chi connectivity index (χ0v) is 22.8. The van der Waals surface area contributed by atoms with E-state index in [0.29, 0.717) is 11.2 Å². The quantitative estimate of drug-likeness (QED) is 0.112. The number of nitrogens with zero attached hydrogens (tertiary/aromatic N) is 4. The molecule has 0 saturated carbocycles. The second kappa shape index (κ2) is 15.8. The van der Waals surface area contributed by atoms with E-state index in [2.05, 4.69) is 15.0 Å². The van der Waals surface area contributed by atoms with Gasteiger partial charge < -0.3 is 25.8 Å². The number of hydrogen-bond acceptors (Lipinski definition) is 14. The summed E-state index contributed by atoms with van der Waals surface area (Å²) in [6, 6.07) is 0. The highest BCUT2D eigenvalue weighted by molar-refractivity contribution is 7.80. The number of anilines is 1. The van der Waals surface area contributed by atoms with Crippen LogP contribution in [0.4, 0.5) is 5.82 Å². The molecule has 0 spiro atoms. The van der Waals surface area contributed by atoms with Gasteiger partial charge in [0.2, 0.25) is 0 Å². The lowest BCUT2D eigenvalue weighted by Gasteiger charge is -2.16. The number of ether oxygens (including phenoxy) is 1. The first kappa shape index (κ1) is 39.2. The van der Waals surface area contributed by atoms with E-state index in [9.17, 15) is 10.2 Å². The molecule has 0 aromatic carbocycles. The third kappa shape index (κ3) is 17.2. The summed E-state index contributed by atoms with van der Waals surface area (Å²) in [4.78, 5) is 11.9. The minimum atomic E-state index is -4.67. The number of imidazole rings is 1. The number of aliphatic hydroxyl groups is 3. The second-order valence-corrected chi connectivity index (χ2v) is 8.34. The largest absolute Gasteiger partial charge is 0.394 e. The summed E-state index contributed by atoms with van der Waals surface area (Å²) >= 11 is 0. The van der Waals surface area contributed by atoms with E-state index in [1.165, 1.54) is 17.2 Å². The molecule has 21 nitrogen and oxygen atoms in total. The van der Waals surface area contributed by atoms with Gasteiger partial charge in [0, 0.05) is 0 Å². The summed E-state index contributed by atoms with van der Waals surface area (Å²) in [5.41, 5.74) is 6.44. The molecule has 2 unspecified atom stereocenters. The van der Waals surface area contributed by atoms with Crippen molar-refractivity contribution >= 4 is 68.0 Å². The predicted octanol–water partition coefficient (Wildman–Crippen LogP) is -3.82. The molecule has 6 atom stereocenters. The molecule has 214 valence electrons. The summed E-state index contributed by atoms with van der Waals surface area (Å²) in [6.07, 6.45) is -1.42. The number of aliphatic hydroxyl groups excluding tert-OH is 3. The first-order valence-electron chi connectivity index (χ1n) is 7.78. The van der Waals surface area contributed by atoms with E-state index in [-0.39, 0.29) is 25.6 Å². The average molecular weight is 629 g/mol. The third-order valence-corrected chi connectivity index (χ3v) is 3.18. The Labute approximate surface area is 209 Å². The van der Waals surface area contributed by atoms with Crippen molar-refractivity contribution in [1.82, 2.24) is 19.5 Å². The molecule has 1 aliphatic rings. The molecule has 0 radical (unpaired) electrons. The van der Waals surface area contributed by atoms with Gasteiger partial charge >= 0.3 is 31.2 Å². The first-order chi connectivity index (χ1) is 15.1. The van der Waals surface area contributed by atoms with Gasteiger partial charge in [0.25, 0.3) is 0 Å². The molecule has 2 aromatic rings. The third-order valence-electron chi connectivity index (χ3n) is 3.18. The number of nitrogen functional groups attached to an aromatic ring is 1. The van der Waals surface area contributed by atoms with Gasteiger partial charge in [-0.3, -0.25) is 31.9 Å². The van der Waals surface area contributed by atoms with Crippen molar-refractivity contribution in [1.29, 1.82) is 0 Å². The van der Waals surface area contributed by atoms with Crippen LogP contribution in [-0.4, -0.2) is 112 Å². The Morgan fingerprint density at radius 2 is 1.25 bits per heavy atom. The minimum Gasteiger partial charge on any atom is -0.394 e. The first-order valence-corrected chi connectivity index (χ1v) is 12.0. The topological polar surface area (TPSA) is 363 Å². The maximum absolute atomic E-state index is 9.95.